The summed E-state index contributed by atoms with van der Waals surface area (Å²) in [5, 5.41) is 0. The third-order valence-electron chi connectivity index (χ3n) is 3.51. The fourth-order valence-electron chi connectivity index (χ4n) is 2.49. The van der Waals surface area contributed by atoms with Crippen LogP contribution in [-0.2, 0) is 13.0 Å². The molecule has 0 unspecified atom stereocenters. The first-order valence-electron chi connectivity index (χ1n) is 6.35. The number of hydrogen-bond donors (Lipinski definition) is 1. The number of nitrogens with zero attached hydrogens (tertiary/aromatic N) is 1. The number of fused-ring (bicyclic) bond motifs is 1. The van der Waals surface area contributed by atoms with Gasteiger partial charge >= 0.3 is 0 Å². The molecular formula is C15H16N2O2. The summed E-state index contributed by atoms with van der Waals surface area (Å²) in [7, 11) is 0. The Labute approximate surface area is 111 Å². The second kappa shape index (κ2) is 4.46. The largest absolute Gasteiger partial charge is 0.469 e. The summed E-state index contributed by atoms with van der Waals surface area (Å²) >= 11 is 0. The zero-order valence-electron chi connectivity index (χ0n) is 10.8. The maximum Gasteiger partial charge on any atom is 0.257 e. The summed E-state index contributed by atoms with van der Waals surface area (Å²) in [6.45, 7) is 3.19. The van der Waals surface area contributed by atoms with Crippen molar-refractivity contribution >= 4 is 11.6 Å². The van der Waals surface area contributed by atoms with Crippen molar-refractivity contribution in [3.05, 3.63) is 53.0 Å². The van der Waals surface area contributed by atoms with Crippen LogP contribution >= 0.6 is 0 Å². The molecule has 3 rings (SSSR count). The molecular weight excluding hydrogens is 240 g/mol. The monoisotopic (exact) mass is 256 g/mol. The van der Waals surface area contributed by atoms with Crippen LogP contribution in [0.2, 0.25) is 0 Å². The van der Waals surface area contributed by atoms with E-state index in [4.69, 9.17) is 10.2 Å². The van der Waals surface area contributed by atoms with Gasteiger partial charge in [-0.1, -0.05) is 6.07 Å². The van der Waals surface area contributed by atoms with Crippen LogP contribution in [0.25, 0.3) is 0 Å². The number of rotatable bonds is 1. The molecule has 1 aromatic carbocycles. The van der Waals surface area contributed by atoms with E-state index in [1.54, 1.807) is 6.07 Å². The predicted octanol–water partition coefficient (Wildman–Crippen LogP) is 2.37. The number of furan rings is 1. The van der Waals surface area contributed by atoms with E-state index in [-0.39, 0.29) is 5.91 Å². The lowest BCUT2D eigenvalue weighted by Gasteiger charge is -2.28. The van der Waals surface area contributed by atoms with Crippen LogP contribution in [0, 0.1) is 6.92 Å². The third-order valence-corrected chi connectivity index (χ3v) is 3.51. The number of anilines is 1. The lowest BCUT2D eigenvalue weighted by atomic mass is 9.99. The number of nitrogen functional groups attached to an aromatic ring is 1. The molecule has 19 heavy (non-hydrogen) atoms. The van der Waals surface area contributed by atoms with Crippen LogP contribution in [0.4, 0.5) is 5.69 Å². The summed E-state index contributed by atoms with van der Waals surface area (Å²) in [6.07, 6.45) is 2.39. The van der Waals surface area contributed by atoms with Crippen molar-refractivity contribution in [2.45, 2.75) is 19.9 Å². The Balaban J connectivity index is 1.83. The number of hydrogen-bond acceptors (Lipinski definition) is 3. The molecule has 0 atom stereocenters. The van der Waals surface area contributed by atoms with Crippen LogP contribution < -0.4 is 5.73 Å². The molecule has 4 nitrogen and oxygen atoms in total. The molecule has 0 radical (unpaired) electrons. The number of amides is 1. The van der Waals surface area contributed by atoms with Gasteiger partial charge in [0.1, 0.15) is 12.0 Å². The van der Waals surface area contributed by atoms with Gasteiger partial charge in [-0.15, -0.1) is 0 Å². The van der Waals surface area contributed by atoms with Crippen LogP contribution in [0.15, 0.2) is 34.9 Å². The third kappa shape index (κ3) is 2.21. The normalized spacial score (nSPS) is 14.3. The topological polar surface area (TPSA) is 59.5 Å². The summed E-state index contributed by atoms with van der Waals surface area (Å²) in [6, 6.07) is 7.69. The van der Waals surface area contributed by atoms with Crippen molar-refractivity contribution in [2.24, 2.45) is 0 Å². The molecule has 0 spiro atoms. The summed E-state index contributed by atoms with van der Waals surface area (Å²) < 4.78 is 5.20. The lowest BCUT2D eigenvalue weighted by Crippen LogP contribution is -2.35. The van der Waals surface area contributed by atoms with E-state index < -0.39 is 0 Å². The van der Waals surface area contributed by atoms with E-state index in [0.29, 0.717) is 12.1 Å². The highest BCUT2D eigenvalue weighted by Crippen LogP contribution is 2.23. The zero-order valence-corrected chi connectivity index (χ0v) is 10.8. The molecule has 0 saturated heterocycles. The van der Waals surface area contributed by atoms with Crippen molar-refractivity contribution in [3.63, 3.8) is 0 Å². The first kappa shape index (κ1) is 11.8. The van der Waals surface area contributed by atoms with Crippen molar-refractivity contribution < 1.29 is 9.21 Å². The quantitative estimate of drug-likeness (QED) is 0.797. The fourth-order valence-corrected chi connectivity index (χ4v) is 2.49. The molecule has 1 aliphatic heterocycles. The van der Waals surface area contributed by atoms with E-state index in [2.05, 4.69) is 6.07 Å². The molecule has 1 amide bonds. The van der Waals surface area contributed by atoms with Crippen molar-refractivity contribution in [2.75, 3.05) is 12.3 Å². The van der Waals surface area contributed by atoms with E-state index >= 15 is 0 Å². The van der Waals surface area contributed by atoms with Gasteiger partial charge in [0.2, 0.25) is 0 Å². The molecule has 0 saturated carbocycles. The minimum Gasteiger partial charge on any atom is -0.469 e. The van der Waals surface area contributed by atoms with Gasteiger partial charge in [-0.25, -0.2) is 0 Å². The average molecular weight is 256 g/mol. The van der Waals surface area contributed by atoms with Crippen molar-refractivity contribution in [1.82, 2.24) is 4.90 Å². The van der Waals surface area contributed by atoms with E-state index in [9.17, 15) is 4.79 Å². The van der Waals surface area contributed by atoms with Gasteiger partial charge in [-0.2, -0.15) is 0 Å². The van der Waals surface area contributed by atoms with Crippen molar-refractivity contribution in [1.29, 1.82) is 0 Å². The molecule has 0 bridgehead atoms. The highest BCUT2D eigenvalue weighted by Gasteiger charge is 2.22. The highest BCUT2D eigenvalue weighted by atomic mass is 16.3. The van der Waals surface area contributed by atoms with Crippen LogP contribution in [0.5, 0.6) is 0 Å². The second-order valence-corrected chi connectivity index (χ2v) is 4.95. The minimum absolute atomic E-state index is 0.0184. The summed E-state index contributed by atoms with van der Waals surface area (Å²) in [5.74, 6) is 0.773. The van der Waals surface area contributed by atoms with Gasteiger partial charge in [-0.3, -0.25) is 4.79 Å². The Hall–Kier alpha value is -2.23. The molecule has 1 aliphatic rings. The summed E-state index contributed by atoms with van der Waals surface area (Å²) in [5.41, 5.74) is 9.58. The molecule has 2 heterocycles. The van der Waals surface area contributed by atoms with E-state index in [1.807, 2.05) is 24.0 Å². The first-order chi connectivity index (χ1) is 9.13. The van der Waals surface area contributed by atoms with Gasteiger partial charge in [0, 0.05) is 18.8 Å². The smallest absolute Gasteiger partial charge is 0.257 e. The maximum atomic E-state index is 12.3. The fraction of sp³-hybridized carbons (Fsp3) is 0.267. The molecule has 98 valence electrons. The Morgan fingerprint density at radius 1 is 1.32 bits per heavy atom. The molecule has 2 aromatic rings. The molecule has 2 N–H and O–H groups in total. The van der Waals surface area contributed by atoms with Crippen LogP contribution in [0.3, 0.4) is 0 Å². The van der Waals surface area contributed by atoms with Gasteiger partial charge in [0.05, 0.1) is 5.56 Å². The SMILES string of the molecule is Cc1cc(C(=O)N2CCc3ccc(N)cc3C2)co1. The van der Waals surface area contributed by atoms with Crippen molar-refractivity contribution in [3.8, 4) is 0 Å². The summed E-state index contributed by atoms with van der Waals surface area (Å²) in [4.78, 5) is 14.2. The second-order valence-electron chi connectivity index (χ2n) is 4.95. The van der Waals surface area contributed by atoms with Gasteiger partial charge in [0.25, 0.3) is 5.91 Å². The first-order valence-corrected chi connectivity index (χ1v) is 6.35. The number of carbonyl (C=O) groups excluding carboxylic acids is 1. The van der Waals surface area contributed by atoms with Crippen LogP contribution in [0.1, 0.15) is 27.2 Å². The number of nitrogens with two attached hydrogens (primary N) is 1. The molecule has 1 aromatic heterocycles. The van der Waals surface area contributed by atoms with Gasteiger partial charge < -0.3 is 15.1 Å². The minimum atomic E-state index is 0.0184. The lowest BCUT2D eigenvalue weighted by molar-refractivity contribution is 0.0734. The van der Waals surface area contributed by atoms with E-state index in [0.717, 1.165) is 30.0 Å². The Morgan fingerprint density at radius 3 is 2.89 bits per heavy atom. The maximum absolute atomic E-state index is 12.3. The standard InChI is InChI=1S/C15H16N2O2/c1-10-6-13(9-19-10)15(18)17-5-4-11-2-3-14(16)7-12(11)8-17/h2-3,6-7,9H,4-5,8,16H2,1H3. The number of aryl methyl sites for hydroxylation is 1. The van der Waals surface area contributed by atoms with Gasteiger partial charge in [0.15, 0.2) is 0 Å². The molecule has 0 aliphatic carbocycles. The predicted molar refractivity (Wildman–Crippen MR) is 72.7 cm³/mol. The highest BCUT2D eigenvalue weighted by molar-refractivity contribution is 5.94. The van der Waals surface area contributed by atoms with Gasteiger partial charge in [-0.05, 0) is 42.7 Å². The average Bonchev–Trinajstić information content (AvgIpc) is 2.83. The number of benzene rings is 1. The molecule has 4 heteroatoms. The Kier molecular flexibility index (Phi) is 2.78. The Morgan fingerprint density at radius 2 is 2.16 bits per heavy atom. The van der Waals surface area contributed by atoms with Crippen LogP contribution in [-0.4, -0.2) is 17.4 Å². The number of carbonyl (C=O) groups is 1. The Bertz CT molecular complexity index is 631. The van der Waals surface area contributed by atoms with E-state index in [1.165, 1.54) is 11.8 Å². The zero-order chi connectivity index (χ0) is 13.4. The molecule has 0 fully saturated rings.